The van der Waals surface area contributed by atoms with E-state index < -0.39 is 10.0 Å². The Labute approximate surface area is 145 Å². The minimum atomic E-state index is -3.58. The molecule has 6 nitrogen and oxygen atoms in total. The normalized spacial score (nSPS) is 11.4. The number of hydrogen-bond donors (Lipinski definition) is 2. The summed E-state index contributed by atoms with van der Waals surface area (Å²) >= 11 is 1.65. The SMILES string of the molecule is COCCNS(=O)(=O)c1ccc(C(=O)NCCc2cccs2)cc1. The van der Waals surface area contributed by atoms with Crippen molar-refractivity contribution in [3.8, 4) is 0 Å². The fourth-order valence-electron chi connectivity index (χ4n) is 2.00. The molecule has 0 aliphatic heterocycles. The van der Waals surface area contributed by atoms with Crippen molar-refractivity contribution in [2.45, 2.75) is 11.3 Å². The molecule has 0 aliphatic rings. The number of hydrogen-bond acceptors (Lipinski definition) is 5. The first-order valence-corrected chi connectivity index (χ1v) is 9.78. The van der Waals surface area contributed by atoms with Crippen molar-refractivity contribution in [1.29, 1.82) is 0 Å². The summed E-state index contributed by atoms with van der Waals surface area (Å²) < 4.78 is 31.3. The predicted molar refractivity (Wildman–Crippen MR) is 93.9 cm³/mol. The van der Waals surface area contributed by atoms with Crippen LogP contribution in [0.1, 0.15) is 15.2 Å². The van der Waals surface area contributed by atoms with Gasteiger partial charge in [-0.25, -0.2) is 13.1 Å². The molecule has 1 heterocycles. The summed E-state index contributed by atoms with van der Waals surface area (Å²) in [6.07, 6.45) is 0.777. The standard InChI is InChI=1S/C16H20N2O4S2/c1-22-11-10-18-24(20,21)15-6-4-13(5-7-15)16(19)17-9-8-14-3-2-12-23-14/h2-7,12,18H,8-11H2,1H3,(H,17,19). The number of benzene rings is 1. The van der Waals surface area contributed by atoms with Crippen LogP contribution in [-0.2, 0) is 21.2 Å². The van der Waals surface area contributed by atoms with Crippen LogP contribution in [0.4, 0.5) is 0 Å². The van der Waals surface area contributed by atoms with Crippen molar-refractivity contribution in [2.75, 3.05) is 26.8 Å². The maximum absolute atomic E-state index is 12.1. The van der Waals surface area contributed by atoms with E-state index in [0.717, 1.165) is 6.42 Å². The minimum absolute atomic E-state index is 0.119. The Hall–Kier alpha value is -1.74. The third kappa shape index (κ3) is 5.41. The molecule has 130 valence electrons. The van der Waals surface area contributed by atoms with Gasteiger partial charge in [0.15, 0.2) is 0 Å². The van der Waals surface area contributed by atoms with Gasteiger partial charge in [-0.15, -0.1) is 11.3 Å². The molecule has 2 aromatic rings. The Bertz CT molecular complexity index is 741. The Morgan fingerprint density at radius 1 is 1.17 bits per heavy atom. The number of methoxy groups -OCH3 is 1. The van der Waals surface area contributed by atoms with E-state index in [1.165, 1.54) is 36.3 Å². The largest absolute Gasteiger partial charge is 0.383 e. The molecule has 0 radical (unpaired) electrons. The second-order valence-electron chi connectivity index (χ2n) is 5.00. The molecule has 0 unspecified atom stereocenters. The van der Waals surface area contributed by atoms with Gasteiger partial charge in [0.1, 0.15) is 0 Å². The molecule has 1 aromatic carbocycles. The summed E-state index contributed by atoms with van der Waals surface area (Å²) in [6.45, 7) is 1.03. The lowest BCUT2D eigenvalue weighted by Crippen LogP contribution is -2.27. The Morgan fingerprint density at radius 3 is 2.54 bits per heavy atom. The van der Waals surface area contributed by atoms with E-state index in [2.05, 4.69) is 10.0 Å². The Balaban J connectivity index is 1.89. The number of sulfonamides is 1. The highest BCUT2D eigenvalue weighted by Crippen LogP contribution is 2.11. The lowest BCUT2D eigenvalue weighted by molar-refractivity contribution is 0.0954. The first-order chi connectivity index (χ1) is 11.5. The van der Waals surface area contributed by atoms with Crippen LogP contribution < -0.4 is 10.0 Å². The molecule has 8 heteroatoms. The fraction of sp³-hybridized carbons (Fsp3) is 0.312. The second-order valence-corrected chi connectivity index (χ2v) is 7.80. The molecule has 0 fully saturated rings. The fourth-order valence-corrected chi connectivity index (χ4v) is 3.73. The molecular formula is C16H20N2O4S2. The van der Waals surface area contributed by atoms with Gasteiger partial charge in [0.25, 0.3) is 5.91 Å². The van der Waals surface area contributed by atoms with Crippen LogP contribution in [0.3, 0.4) is 0 Å². The van der Waals surface area contributed by atoms with Gasteiger partial charge in [-0.05, 0) is 42.1 Å². The van der Waals surface area contributed by atoms with E-state index in [-0.39, 0.29) is 17.3 Å². The first kappa shape index (κ1) is 18.6. The summed E-state index contributed by atoms with van der Waals surface area (Å²) in [5.41, 5.74) is 0.428. The van der Waals surface area contributed by atoms with Crippen molar-refractivity contribution >= 4 is 27.3 Å². The molecule has 0 spiro atoms. The van der Waals surface area contributed by atoms with Gasteiger partial charge in [0, 0.05) is 30.6 Å². The average molecular weight is 368 g/mol. The molecule has 0 atom stereocenters. The predicted octanol–water partition coefficient (Wildman–Crippen LogP) is 1.65. The zero-order valence-corrected chi connectivity index (χ0v) is 15.0. The topological polar surface area (TPSA) is 84.5 Å². The quantitative estimate of drug-likeness (QED) is 0.659. The lowest BCUT2D eigenvalue weighted by Gasteiger charge is -2.08. The smallest absolute Gasteiger partial charge is 0.251 e. The van der Waals surface area contributed by atoms with Gasteiger partial charge in [0.05, 0.1) is 11.5 Å². The van der Waals surface area contributed by atoms with Crippen molar-refractivity contribution in [1.82, 2.24) is 10.0 Å². The molecule has 24 heavy (non-hydrogen) atoms. The van der Waals surface area contributed by atoms with Crippen LogP contribution in [0.25, 0.3) is 0 Å². The van der Waals surface area contributed by atoms with Crippen molar-refractivity contribution in [3.05, 3.63) is 52.2 Å². The van der Waals surface area contributed by atoms with Crippen LogP contribution in [-0.4, -0.2) is 41.1 Å². The van der Waals surface area contributed by atoms with Gasteiger partial charge in [0.2, 0.25) is 10.0 Å². The molecule has 1 amide bonds. The summed E-state index contributed by atoms with van der Waals surface area (Å²) in [4.78, 5) is 13.4. The average Bonchev–Trinajstić information content (AvgIpc) is 3.08. The van der Waals surface area contributed by atoms with Crippen molar-refractivity contribution in [2.24, 2.45) is 0 Å². The highest BCUT2D eigenvalue weighted by molar-refractivity contribution is 7.89. The number of carbonyl (C=O) groups excluding carboxylic acids is 1. The number of nitrogens with one attached hydrogen (secondary N) is 2. The van der Waals surface area contributed by atoms with Crippen LogP contribution in [0.15, 0.2) is 46.7 Å². The lowest BCUT2D eigenvalue weighted by atomic mass is 10.2. The van der Waals surface area contributed by atoms with E-state index in [1.54, 1.807) is 11.3 Å². The molecule has 0 saturated carbocycles. The number of rotatable bonds is 9. The Kier molecular flexibility index (Phi) is 6.92. The number of carbonyl (C=O) groups is 1. The van der Waals surface area contributed by atoms with Gasteiger partial charge >= 0.3 is 0 Å². The minimum Gasteiger partial charge on any atom is -0.383 e. The summed E-state index contributed by atoms with van der Waals surface area (Å²) in [5, 5.41) is 4.82. The van der Waals surface area contributed by atoms with Crippen LogP contribution in [0.5, 0.6) is 0 Å². The summed E-state index contributed by atoms with van der Waals surface area (Å²) in [7, 11) is -2.08. The maximum atomic E-state index is 12.1. The zero-order valence-electron chi connectivity index (χ0n) is 13.3. The van der Waals surface area contributed by atoms with E-state index in [9.17, 15) is 13.2 Å². The van der Waals surface area contributed by atoms with E-state index >= 15 is 0 Å². The van der Waals surface area contributed by atoms with Gasteiger partial charge in [-0.2, -0.15) is 0 Å². The van der Waals surface area contributed by atoms with E-state index in [4.69, 9.17) is 4.74 Å². The molecule has 1 aromatic heterocycles. The Morgan fingerprint density at radius 2 is 1.92 bits per heavy atom. The zero-order chi connectivity index (χ0) is 17.4. The van der Waals surface area contributed by atoms with E-state index in [1.807, 2.05) is 17.5 Å². The monoisotopic (exact) mass is 368 g/mol. The molecule has 0 aliphatic carbocycles. The highest BCUT2D eigenvalue weighted by atomic mass is 32.2. The van der Waals surface area contributed by atoms with Gasteiger partial charge in [-0.3, -0.25) is 4.79 Å². The van der Waals surface area contributed by atoms with Crippen molar-refractivity contribution in [3.63, 3.8) is 0 Å². The van der Waals surface area contributed by atoms with Crippen molar-refractivity contribution < 1.29 is 17.9 Å². The first-order valence-electron chi connectivity index (χ1n) is 7.42. The molecular weight excluding hydrogens is 348 g/mol. The maximum Gasteiger partial charge on any atom is 0.251 e. The van der Waals surface area contributed by atoms with Crippen LogP contribution in [0, 0.1) is 0 Å². The third-order valence-corrected chi connectivity index (χ3v) is 5.68. The molecule has 0 saturated heterocycles. The second kappa shape index (κ2) is 8.93. The van der Waals surface area contributed by atoms with E-state index in [0.29, 0.717) is 18.7 Å². The molecule has 0 bridgehead atoms. The third-order valence-electron chi connectivity index (χ3n) is 3.26. The number of thiophene rings is 1. The number of amides is 1. The summed E-state index contributed by atoms with van der Waals surface area (Å²) in [5.74, 6) is -0.220. The molecule has 2 rings (SSSR count). The van der Waals surface area contributed by atoms with Crippen LogP contribution in [0.2, 0.25) is 0 Å². The van der Waals surface area contributed by atoms with Gasteiger partial charge in [-0.1, -0.05) is 6.07 Å². The summed E-state index contributed by atoms with van der Waals surface area (Å²) in [6, 6.07) is 9.85. The highest BCUT2D eigenvalue weighted by Gasteiger charge is 2.14. The molecule has 2 N–H and O–H groups in total. The van der Waals surface area contributed by atoms with Gasteiger partial charge < -0.3 is 10.1 Å². The van der Waals surface area contributed by atoms with Crippen LogP contribution >= 0.6 is 11.3 Å². The number of ether oxygens (including phenoxy) is 1.